The average molecular weight is 286 g/mol. The van der Waals surface area contributed by atoms with Crippen molar-refractivity contribution < 1.29 is 4.79 Å². The molecule has 0 aliphatic heterocycles. The quantitative estimate of drug-likeness (QED) is 0.712. The zero-order valence-electron chi connectivity index (χ0n) is 13.4. The van der Waals surface area contributed by atoms with E-state index in [-0.39, 0.29) is 0 Å². The Labute approximate surface area is 127 Å². The van der Waals surface area contributed by atoms with Crippen molar-refractivity contribution in [3.63, 3.8) is 0 Å². The van der Waals surface area contributed by atoms with E-state index >= 15 is 0 Å². The van der Waals surface area contributed by atoms with Gasteiger partial charge in [0.15, 0.2) is 6.29 Å². The molecule has 0 saturated heterocycles. The van der Waals surface area contributed by atoms with Crippen LogP contribution in [0.3, 0.4) is 0 Å². The first-order chi connectivity index (χ1) is 10.1. The van der Waals surface area contributed by atoms with Gasteiger partial charge in [-0.2, -0.15) is 0 Å². The summed E-state index contributed by atoms with van der Waals surface area (Å²) in [5, 5.41) is 0. The van der Waals surface area contributed by atoms with Crippen LogP contribution >= 0.6 is 0 Å². The Kier molecular flexibility index (Phi) is 4.01. The zero-order chi connectivity index (χ0) is 15.0. The Bertz CT molecular complexity index is 516. The van der Waals surface area contributed by atoms with Crippen LogP contribution in [0.1, 0.15) is 67.1 Å². The van der Waals surface area contributed by atoms with E-state index in [0.29, 0.717) is 5.92 Å². The fourth-order valence-corrected chi connectivity index (χ4v) is 3.03. The Balaban J connectivity index is 1.94. The average Bonchev–Trinajstić information content (AvgIpc) is 3.32. The van der Waals surface area contributed by atoms with Crippen molar-refractivity contribution in [2.45, 2.75) is 52.4 Å². The van der Waals surface area contributed by atoms with Crippen LogP contribution in [0.2, 0.25) is 0 Å². The van der Waals surface area contributed by atoms with Gasteiger partial charge in [-0.25, -0.2) is 4.98 Å². The van der Waals surface area contributed by atoms with Gasteiger partial charge in [-0.3, -0.25) is 4.79 Å². The van der Waals surface area contributed by atoms with Crippen LogP contribution in [-0.4, -0.2) is 24.4 Å². The molecule has 0 N–H and O–H groups in total. The topological polar surface area (TPSA) is 33.2 Å². The van der Waals surface area contributed by atoms with Crippen LogP contribution in [0.15, 0.2) is 6.07 Å². The molecular formula is C18H26N2O. The van der Waals surface area contributed by atoms with Gasteiger partial charge in [-0.05, 0) is 62.0 Å². The van der Waals surface area contributed by atoms with E-state index in [2.05, 4.69) is 25.7 Å². The lowest BCUT2D eigenvalue weighted by molar-refractivity contribution is 0.112. The third-order valence-electron chi connectivity index (χ3n) is 4.58. The second-order valence-electron chi connectivity index (χ2n) is 7.17. The molecule has 2 saturated carbocycles. The Hall–Kier alpha value is -1.38. The lowest BCUT2D eigenvalue weighted by Crippen LogP contribution is -2.30. The van der Waals surface area contributed by atoms with Gasteiger partial charge in [0.05, 0.1) is 5.56 Å². The molecule has 1 aromatic rings. The lowest BCUT2D eigenvalue weighted by atomic mass is 10.0. The number of hydrogen-bond donors (Lipinski definition) is 0. The molecule has 3 heteroatoms. The largest absolute Gasteiger partial charge is 0.355 e. The highest BCUT2D eigenvalue weighted by atomic mass is 16.1. The standard InChI is InChI=1S/C18H26N2O/c1-12(2)17-13(3)8-16(11-21)18(19-17)20(9-14-4-5-14)10-15-6-7-15/h8,11-12,14-15H,4-7,9-10H2,1-3H3. The molecule has 1 aromatic heterocycles. The minimum absolute atomic E-state index is 0.396. The smallest absolute Gasteiger partial charge is 0.153 e. The first kappa shape index (κ1) is 14.6. The number of rotatable bonds is 7. The molecule has 0 amide bonds. The molecule has 2 aliphatic carbocycles. The predicted octanol–water partition coefficient (Wildman–Crippen LogP) is 3.95. The van der Waals surface area contributed by atoms with Gasteiger partial charge >= 0.3 is 0 Å². The molecule has 0 aromatic carbocycles. The summed E-state index contributed by atoms with van der Waals surface area (Å²) in [7, 11) is 0. The van der Waals surface area contributed by atoms with Crippen LogP contribution < -0.4 is 4.90 Å². The number of aromatic nitrogens is 1. The van der Waals surface area contributed by atoms with E-state index in [0.717, 1.165) is 53.9 Å². The Morgan fingerprint density at radius 3 is 2.24 bits per heavy atom. The molecule has 114 valence electrons. The van der Waals surface area contributed by atoms with Gasteiger partial charge in [0.2, 0.25) is 0 Å². The minimum atomic E-state index is 0.396. The first-order valence-electron chi connectivity index (χ1n) is 8.30. The van der Waals surface area contributed by atoms with Crippen molar-refractivity contribution in [3.05, 3.63) is 22.9 Å². The summed E-state index contributed by atoms with van der Waals surface area (Å²) in [6.07, 6.45) is 6.31. The third-order valence-corrected chi connectivity index (χ3v) is 4.58. The molecule has 0 bridgehead atoms. The van der Waals surface area contributed by atoms with E-state index < -0.39 is 0 Å². The number of anilines is 1. The second-order valence-corrected chi connectivity index (χ2v) is 7.17. The van der Waals surface area contributed by atoms with Crippen molar-refractivity contribution in [3.8, 4) is 0 Å². The van der Waals surface area contributed by atoms with Crippen molar-refractivity contribution in [1.29, 1.82) is 0 Å². The van der Waals surface area contributed by atoms with Gasteiger partial charge in [0.25, 0.3) is 0 Å². The summed E-state index contributed by atoms with van der Waals surface area (Å²) < 4.78 is 0. The number of aryl methyl sites for hydroxylation is 1. The van der Waals surface area contributed by atoms with Crippen molar-refractivity contribution >= 4 is 12.1 Å². The van der Waals surface area contributed by atoms with Gasteiger partial charge in [0, 0.05) is 18.8 Å². The fraction of sp³-hybridized carbons (Fsp3) is 0.667. The van der Waals surface area contributed by atoms with E-state index in [1.807, 2.05) is 6.07 Å². The lowest BCUT2D eigenvalue weighted by Gasteiger charge is -2.26. The van der Waals surface area contributed by atoms with Gasteiger partial charge < -0.3 is 4.90 Å². The normalized spacial score (nSPS) is 18.1. The van der Waals surface area contributed by atoms with E-state index in [1.165, 1.54) is 25.7 Å². The highest BCUT2D eigenvalue weighted by Crippen LogP contribution is 2.36. The molecule has 0 spiro atoms. The minimum Gasteiger partial charge on any atom is -0.355 e. The summed E-state index contributed by atoms with van der Waals surface area (Å²) in [4.78, 5) is 18.8. The van der Waals surface area contributed by atoms with Crippen LogP contribution in [0.25, 0.3) is 0 Å². The van der Waals surface area contributed by atoms with Crippen LogP contribution in [0.5, 0.6) is 0 Å². The summed E-state index contributed by atoms with van der Waals surface area (Å²) >= 11 is 0. The third kappa shape index (κ3) is 3.45. The summed E-state index contributed by atoms with van der Waals surface area (Å²) in [6.45, 7) is 8.55. The molecule has 0 radical (unpaired) electrons. The molecule has 0 atom stereocenters. The van der Waals surface area contributed by atoms with Crippen molar-refractivity contribution in [2.75, 3.05) is 18.0 Å². The first-order valence-corrected chi connectivity index (χ1v) is 8.30. The molecule has 3 nitrogen and oxygen atoms in total. The molecule has 1 heterocycles. The SMILES string of the molecule is Cc1cc(C=O)c(N(CC2CC2)CC2CC2)nc1C(C)C. The van der Waals surface area contributed by atoms with Crippen LogP contribution in [0.4, 0.5) is 5.82 Å². The molecule has 2 aliphatic rings. The Morgan fingerprint density at radius 2 is 1.81 bits per heavy atom. The van der Waals surface area contributed by atoms with Crippen molar-refractivity contribution in [1.82, 2.24) is 4.98 Å². The zero-order valence-corrected chi connectivity index (χ0v) is 13.4. The maximum Gasteiger partial charge on any atom is 0.153 e. The molecule has 21 heavy (non-hydrogen) atoms. The van der Waals surface area contributed by atoms with Gasteiger partial charge in [-0.15, -0.1) is 0 Å². The number of aldehydes is 1. The molecular weight excluding hydrogens is 260 g/mol. The molecule has 3 rings (SSSR count). The predicted molar refractivity (Wildman–Crippen MR) is 86.1 cm³/mol. The molecule has 2 fully saturated rings. The molecule has 0 unspecified atom stereocenters. The number of hydrogen-bond acceptors (Lipinski definition) is 3. The summed E-state index contributed by atoms with van der Waals surface area (Å²) in [5.41, 5.74) is 3.03. The number of pyridine rings is 1. The fourth-order valence-electron chi connectivity index (χ4n) is 3.03. The van der Waals surface area contributed by atoms with Crippen molar-refractivity contribution in [2.24, 2.45) is 11.8 Å². The maximum atomic E-state index is 11.5. The van der Waals surface area contributed by atoms with Gasteiger partial charge in [0.1, 0.15) is 5.82 Å². The van der Waals surface area contributed by atoms with Crippen LogP contribution in [-0.2, 0) is 0 Å². The monoisotopic (exact) mass is 286 g/mol. The number of carbonyl (C=O) groups excluding carboxylic acids is 1. The summed E-state index contributed by atoms with van der Waals surface area (Å²) in [5.74, 6) is 2.95. The van der Waals surface area contributed by atoms with E-state index in [9.17, 15) is 4.79 Å². The van der Waals surface area contributed by atoms with E-state index in [1.54, 1.807) is 0 Å². The second kappa shape index (κ2) is 5.78. The van der Waals surface area contributed by atoms with Gasteiger partial charge in [-0.1, -0.05) is 13.8 Å². The maximum absolute atomic E-state index is 11.5. The Morgan fingerprint density at radius 1 is 1.24 bits per heavy atom. The highest BCUT2D eigenvalue weighted by molar-refractivity contribution is 5.83. The highest BCUT2D eigenvalue weighted by Gasteiger charge is 2.31. The number of carbonyl (C=O) groups is 1. The van der Waals surface area contributed by atoms with Crippen LogP contribution in [0, 0.1) is 18.8 Å². The summed E-state index contributed by atoms with van der Waals surface area (Å²) in [6, 6.07) is 2.03. The number of nitrogens with zero attached hydrogens (tertiary/aromatic N) is 2. The van der Waals surface area contributed by atoms with E-state index in [4.69, 9.17) is 4.98 Å².